The summed E-state index contributed by atoms with van der Waals surface area (Å²) < 4.78 is 52.4. The van der Waals surface area contributed by atoms with Crippen molar-refractivity contribution in [3.8, 4) is 0 Å². The van der Waals surface area contributed by atoms with E-state index in [-0.39, 0.29) is 12.6 Å². The Morgan fingerprint density at radius 2 is 1.91 bits per heavy atom. The first kappa shape index (κ1) is 17.3. The molecular weight excluding hydrogens is 310 g/mol. The Hall–Kier alpha value is -1.05. The molecular formula is C15H22F2N2O2S. The summed E-state index contributed by atoms with van der Waals surface area (Å²) in [6.07, 6.45) is -0.589. The normalized spacial score (nSPS) is 18.0. The SMILES string of the molecule is CCc1ccccc1S(=O)(=O)NC1CCN(CC(F)F)CC1. The first-order valence-electron chi connectivity index (χ1n) is 7.53. The molecule has 2 rings (SSSR count). The largest absolute Gasteiger partial charge is 0.298 e. The van der Waals surface area contributed by atoms with Crippen LogP contribution in [-0.2, 0) is 16.4 Å². The topological polar surface area (TPSA) is 49.4 Å². The quantitative estimate of drug-likeness (QED) is 0.869. The fraction of sp³-hybridized carbons (Fsp3) is 0.600. The molecule has 1 heterocycles. The lowest BCUT2D eigenvalue weighted by Crippen LogP contribution is -2.45. The zero-order valence-corrected chi connectivity index (χ0v) is 13.5. The van der Waals surface area contributed by atoms with Gasteiger partial charge in [-0.05, 0) is 44.0 Å². The molecule has 0 radical (unpaired) electrons. The van der Waals surface area contributed by atoms with E-state index in [0.29, 0.717) is 37.2 Å². The Kier molecular flexibility index (Phi) is 5.88. The van der Waals surface area contributed by atoms with E-state index in [2.05, 4.69) is 4.72 Å². The van der Waals surface area contributed by atoms with Crippen molar-refractivity contribution < 1.29 is 17.2 Å². The second kappa shape index (κ2) is 7.48. The molecule has 1 aromatic rings. The van der Waals surface area contributed by atoms with E-state index in [1.54, 1.807) is 23.1 Å². The molecule has 0 bridgehead atoms. The number of alkyl halides is 2. The lowest BCUT2D eigenvalue weighted by atomic mass is 10.1. The standard InChI is InChI=1S/C15H22F2N2O2S/c1-2-12-5-3-4-6-14(12)22(20,21)18-13-7-9-19(10-8-13)11-15(16)17/h3-6,13,15,18H,2,7-11H2,1H3. The van der Waals surface area contributed by atoms with Crippen LogP contribution in [0.25, 0.3) is 0 Å². The van der Waals surface area contributed by atoms with Crippen LogP contribution in [0.2, 0.25) is 0 Å². The molecule has 1 aliphatic rings. The number of sulfonamides is 1. The third-order valence-electron chi connectivity index (χ3n) is 3.95. The molecule has 0 aliphatic carbocycles. The minimum atomic E-state index is -3.56. The molecule has 0 atom stereocenters. The summed E-state index contributed by atoms with van der Waals surface area (Å²) in [6.45, 7) is 2.66. The van der Waals surface area contributed by atoms with Crippen molar-refractivity contribution >= 4 is 10.0 Å². The van der Waals surface area contributed by atoms with Gasteiger partial charge in [-0.3, -0.25) is 4.90 Å². The molecule has 22 heavy (non-hydrogen) atoms. The average Bonchev–Trinajstić information content (AvgIpc) is 2.48. The summed E-state index contributed by atoms with van der Waals surface area (Å²) in [7, 11) is -3.56. The molecule has 0 amide bonds. The van der Waals surface area contributed by atoms with E-state index in [1.165, 1.54) is 0 Å². The summed E-state index contributed by atoms with van der Waals surface area (Å²) in [5, 5.41) is 0. The number of hydrogen-bond acceptors (Lipinski definition) is 3. The smallest absolute Gasteiger partial charge is 0.251 e. The van der Waals surface area contributed by atoms with Crippen molar-refractivity contribution in [2.45, 2.75) is 43.5 Å². The molecule has 1 aromatic carbocycles. The zero-order chi connectivity index (χ0) is 16.2. The molecule has 4 nitrogen and oxygen atoms in total. The molecule has 1 N–H and O–H groups in total. The third-order valence-corrected chi connectivity index (χ3v) is 5.57. The van der Waals surface area contributed by atoms with Gasteiger partial charge < -0.3 is 0 Å². The van der Waals surface area contributed by atoms with Crippen LogP contribution in [0.15, 0.2) is 29.2 Å². The van der Waals surface area contributed by atoms with Gasteiger partial charge >= 0.3 is 0 Å². The molecule has 1 fully saturated rings. The number of nitrogens with zero attached hydrogens (tertiary/aromatic N) is 1. The number of halogens is 2. The van der Waals surface area contributed by atoms with Gasteiger partial charge in [0.1, 0.15) is 0 Å². The Morgan fingerprint density at radius 3 is 2.50 bits per heavy atom. The molecule has 0 saturated carbocycles. The van der Waals surface area contributed by atoms with Crippen LogP contribution < -0.4 is 4.72 Å². The fourth-order valence-corrected chi connectivity index (χ4v) is 4.39. The van der Waals surface area contributed by atoms with Crippen LogP contribution in [-0.4, -0.2) is 45.4 Å². The minimum absolute atomic E-state index is 0.191. The number of nitrogens with one attached hydrogen (secondary N) is 1. The molecule has 124 valence electrons. The van der Waals surface area contributed by atoms with Gasteiger partial charge in [0.2, 0.25) is 10.0 Å². The Labute approximate surface area is 130 Å². The summed E-state index contributed by atoms with van der Waals surface area (Å²) in [4.78, 5) is 1.99. The number of likely N-dealkylation sites (tertiary alicyclic amines) is 1. The van der Waals surface area contributed by atoms with Crippen molar-refractivity contribution in [3.05, 3.63) is 29.8 Å². The Bertz CT molecular complexity index is 585. The monoisotopic (exact) mass is 332 g/mol. The molecule has 0 spiro atoms. The first-order chi connectivity index (χ1) is 10.4. The highest BCUT2D eigenvalue weighted by molar-refractivity contribution is 7.89. The maximum Gasteiger partial charge on any atom is 0.251 e. The van der Waals surface area contributed by atoms with Gasteiger partial charge in [0.15, 0.2) is 0 Å². The lowest BCUT2D eigenvalue weighted by Gasteiger charge is -2.31. The van der Waals surface area contributed by atoms with Crippen molar-refractivity contribution in [1.29, 1.82) is 0 Å². The Balaban J connectivity index is 1.99. The van der Waals surface area contributed by atoms with Crippen molar-refractivity contribution in [3.63, 3.8) is 0 Å². The van der Waals surface area contributed by atoms with Crippen LogP contribution in [0, 0.1) is 0 Å². The van der Waals surface area contributed by atoms with Crippen molar-refractivity contribution in [2.75, 3.05) is 19.6 Å². The van der Waals surface area contributed by atoms with Gasteiger partial charge in [-0.1, -0.05) is 25.1 Å². The molecule has 0 aromatic heterocycles. The van der Waals surface area contributed by atoms with E-state index in [4.69, 9.17) is 0 Å². The summed E-state index contributed by atoms with van der Waals surface area (Å²) in [6, 6.07) is 6.75. The van der Waals surface area contributed by atoms with Crippen LogP contribution in [0.4, 0.5) is 8.78 Å². The van der Waals surface area contributed by atoms with E-state index in [9.17, 15) is 17.2 Å². The van der Waals surface area contributed by atoms with Crippen LogP contribution in [0.1, 0.15) is 25.3 Å². The van der Waals surface area contributed by atoms with Gasteiger partial charge in [0.25, 0.3) is 6.43 Å². The number of piperidine rings is 1. The number of rotatable bonds is 6. The summed E-state index contributed by atoms with van der Waals surface area (Å²) in [5.74, 6) is 0. The molecule has 1 saturated heterocycles. The van der Waals surface area contributed by atoms with Gasteiger partial charge in [-0.15, -0.1) is 0 Å². The van der Waals surface area contributed by atoms with Gasteiger partial charge in [-0.25, -0.2) is 21.9 Å². The van der Waals surface area contributed by atoms with Gasteiger partial charge in [-0.2, -0.15) is 0 Å². The maximum absolute atomic E-state index is 12.5. The van der Waals surface area contributed by atoms with Crippen molar-refractivity contribution in [2.24, 2.45) is 0 Å². The summed E-state index contributed by atoms with van der Waals surface area (Å²) >= 11 is 0. The van der Waals surface area contributed by atoms with E-state index < -0.39 is 16.4 Å². The second-order valence-corrected chi connectivity index (χ2v) is 7.23. The second-order valence-electron chi connectivity index (χ2n) is 5.55. The predicted molar refractivity (Wildman–Crippen MR) is 81.6 cm³/mol. The Morgan fingerprint density at radius 1 is 1.27 bits per heavy atom. The number of benzene rings is 1. The van der Waals surface area contributed by atoms with E-state index >= 15 is 0 Å². The highest BCUT2D eigenvalue weighted by Crippen LogP contribution is 2.19. The third kappa shape index (κ3) is 4.47. The highest BCUT2D eigenvalue weighted by Gasteiger charge is 2.26. The number of aryl methyl sites for hydroxylation is 1. The molecule has 7 heteroatoms. The van der Waals surface area contributed by atoms with E-state index in [1.807, 2.05) is 13.0 Å². The maximum atomic E-state index is 12.5. The van der Waals surface area contributed by atoms with Crippen molar-refractivity contribution in [1.82, 2.24) is 9.62 Å². The molecule has 0 unspecified atom stereocenters. The first-order valence-corrected chi connectivity index (χ1v) is 9.01. The van der Waals surface area contributed by atoms with Crippen LogP contribution >= 0.6 is 0 Å². The minimum Gasteiger partial charge on any atom is -0.298 e. The van der Waals surface area contributed by atoms with Crippen LogP contribution in [0.5, 0.6) is 0 Å². The number of hydrogen-bond donors (Lipinski definition) is 1. The lowest BCUT2D eigenvalue weighted by molar-refractivity contribution is 0.0747. The predicted octanol–water partition coefficient (Wildman–Crippen LogP) is 2.26. The van der Waals surface area contributed by atoms with Gasteiger partial charge in [0, 0.05) is 6.04 Å². The fourth-order valence-electron chi connectivity index (χ4n) is 2.77. The summed E-state index contributed by atoms with van der Waals surface area (Å²) in [5.41, 5.74) is 0.783. The zero-order valence-electron chi connectivity index (χ0n) is 12.6. The highest BCUT2D eigenvalue weighted by atomic mass is 32.2. The van der Waals surface area contributed by atoms with E-state index in [0.717, 1.165) is 5.56 Å². The molecule has 1 aliphatic heterocycles. The average molecular weight is 332 g/mol. The van der Waals surface area contributed by atoms with Gasteiger partial charge in [0.05, 0.1) is 11.4 Å². The van der Waals surface area contributed by atoms with Crippen LogP contribution in [0.3, 0.4) is 0 Å².